The van der Waals surface area contributed by atoms with E-state index in [4.69, 9.17) is 0 Å². The van der Waals surface area contributed by atoms with Crippen molar-refractivity contribution in [3.63, 3.8) is 0 Å². The number of rotatable bonds is 6. The van der Waals surface area contributed by atoms with Gasteiger partial charge in [0, 0.05) is 71.0 Å². The molecule has 1 aromatic carbocycles. The predicted octanol–water partition coefficient (Wildman–Crippen LogP) is 0.229. The van der Waals surface area contributed by atoms with Crippen molar-refractivity contribution in [2.24, 2.45) is 0 Å². The zero-order valence-corrected chi connectivity index (χ0v) is 16.2. The molecule has 8 nitrogen and oxygen atoms in total. The summed E-state index contributed by atoms with van der Waals surface area (Å²) in [6.45, 7) is 6.06. The van der Waals surface area contributed by atoms with E-state index in [1.165, 1.54) is 0 Å². The topological polar surface area (TPSA) is 85.0 Å². The van der Waals surface area contributed by atoms with Gasteiger partial charge in [0.2, 0.25) is 5.91 Å². The Kier molecular flexibility index (Phi) is 6.65. The molecule has 2 aliphatic heterocycles. The molecule has 2 aliphatic rings. The van der Waals surface area contributed by atoms with Gasteiger partial charge in [0.1, 0.15) is 0 Å². The SMILES string of the molecule is CNC(=O)c1ccc(C=CC(=O)N2CCN(CCN3CCNC3=O)CC2)cc1. The van der Waals surface area contributed by atoms with Crippen molar-refractivity contribution >= 4 is 23.9 Å². The van der Waals surface area contributed by atoms with Crippen LogP contribution in [0.15, 0.2) is 30.3 Å². The van der Waals surface area contributed by atoms with E-state index in [2.05, 4.69) is 15.5 Å². The first-order valence-electron chi connectivity index (χ1n) is 9.61. The summed E-state index contributed by atoms with van der Waals surface area (Å²) in [5.74, 6) is -0.135. The summed E-state index contributed by atoms with van der Waals surface area (Å²) >= 11 is 0. The minimum absolute atomic E-state index is 0.00560. The van der Waals surface area contributed by atoms with Crippen molar-refractivity contribution in [3.8, 4) is 0 Å². The Morgan fingerprint density at radius 3 is 2.39 bits per heavy atom. The predicted molar refractivity (Wildman–Crippen MR) is 107 cm³/mol. The lowest BCUT2D eigenvalue weighted by atomic mass is 10.1. The number of benzene rings is 1. The van der Waals surface area contributed by atoms with Crippen LogP contribution in [0, 0.1) is 0 Å². The van der Waals surface area contributed by atoms with Gasteiger partial charge in [0.05, 0.1) is 0 Å². The highest BCUT2D eigenvalue weighted by Gasteiger charge is 2.23. The van der Waals surface area contributed by atoms with E-state index in [1.807, 2.05) is 21.9 Å². The van der Waals surface area contributed by atoms with Crippen LogP contribution in [0.4, 0.5) is 4.79 Å². The van der Waals surface area contributed by atoms with Crippen LogP contribution in [0.2, 0.25) is 0 Å². The molecule has 0 unspecified atom stereocenters. The van der Waals surface area contributed by atoms with E-state index >= 15 is 0 Å². The number of carbonyl (C=O) groups excluding carboxylic acids is 3. The Bertz CT molecular complexity index is 739. The van der Waals surface area contributed by atoms with E-state index in [9.17, 15) is 14.4 Å². The van der Waals surface area contributed by atoms with Crippen LogP contribution in [-0.2, 0) is 4.79 Å². The summed E-state index contributed by atoms with van der Waals surface area (Å²) in [5, 5.41) is 5.39. The second-order valence-corrected chi connectivity index (χ2v) is 6.92. The zero-order valence-electron chi connectivity index (χ0n) is 16.2. The van der Waals surface area contributed by atoms with Crippen LogP contribution in [0.1, 0.15) is 15.9 Å². The molecule has 2 saturated heterocycles. The Labute approximate surface area is 165 Å². The molecule has 0 atom stereocenters. The fourth-order valence-electron chi connectivity index (χ4n) is 3.34. The summed E-state index contributed by atoms with van der Waals surface area (Å²) in [5.41, 5.74) is 1.47. The second kappa shape index (κ2) is 9.36. The zero-order chi connectivity index (χ0) is 19.9. The minimum Gasteiger partial charge on any atom is -0.355 e. The highest BCUT2D eigenvalue weighted by molar-refractivity contribution is 5.94. The largest absolute Gasteiger partial charge is 0.355 e. The first-order chi connectivity index (χ1) is 13.6. The molecule has 0 bridgehead atoms. The molecule has 0 aromatic heterocycles. The van der Waals surface area contributed by atoms with Gasteiger partial charge in [-0.3, -0.25) is 14.5 Å². The van der Waals surface area contributed by atoms with E-state index in [0.717, 1.165) is 44.8 Å². The number of hydrogen-bond acceptors (Lipinski definition) is 4. The quantitative estimate of drug-likeness (QED) is 0.687. The Morgan fingerprint density at radius 2 is 1.79 bits per heavy atom. The average Bonchev–Trinajstić information content (AvgIpc) is 3.15. The minimum atomic E-state index is -0.130. The Morgan fingerprint density at radius 1 is 1.07 bits per heavy atom. The van der Waals surface area contributed by atoms with Gasteiger partial charge in [-0.25, -0.2) is 4.79 Å². The number of amides is 4. The van der Waals surface area contributed by atoms with E-state index in [-0.39, 0.29) is 17.8 Å². The van der Waals surface area contributed by atoms with E-state index in [1.54, 1.807) is 31.3 Å². The van der Waals surface area contributed by atoms with Crippen LogP contribution < -0.4 is 10.6 Å². The average molecular weight is 385 g/mol. The Balaban J connectivity index is 1.42. The molecule has 2 heterocycles. The fraction of sp³-hybridized carbons (Fsp3) is 0.450. The summed E-state index contributed by atoms with van der Waals surface area (Å²) in [6.07, 6.45) is 3.35. The van der Waals surface area contributed by atoms with Crippen molar-refractivity contribution in [1.82, 2.24) is 25.3 Å². The molecule has 0 spiro atoms. The first kappa shape index (κ1) is 19.9. The third kappa shape index (κ3) is 5.10. The van der Waals surface area contributed by atoms with E-state index < -0.39 is 0 Å². The van der Waals surface area contributed by atoms with Gasteiger partial charge in [-0.2, -0.15) is 0 Å². The van der Waals surface area contributed by atoms with Crippen molar-refractivity contribution in [3.05, 3.63) is 41.5 Å². The summed E-state index contributed by atoms with van der Waals surface area (Å²) in [4.78, 5) is 41.5. The summed E-state index contributed by atoms with van der Waals surface area (Å²) in [7, 11) is 1.59. The van der Waals surface area contributed by atoms with Crippen LogP contribution >= 0.6 is 0 Å². The second-order valence-electron chi connectivity index (χ2n) is 6.92. The smallest absolute Gasteiger partial charge is 0.317 e. The number of hydrogen-bond donors (Lipinski definition) is 2. The molecular formula is C20H27N5O3. The summed E-state index contributed by atoms with van der Waals surface area (Å²) in [6, 6.07) is 7.13. The van der Waals surface area contributed by atoms with Crippen molar-refractivity contribution in [2.45, 2.75) is 0 Å². The molecule has 28 heavy (non-hydrogen) atoms. The molecule has 0 aliphatic carbocycles. The van der Waals surface area contributed by atoms with Gasteiger partial charge in [-0.15, -0.1) is 0 Å². The lowest BCUT2D eigenvalue weighted by Crippen LogP contribution is -2.50. The number of carbonyl (C=O) groups is 3. The molecule has 1 aromatic rings. The molecule has 0 radical (unpaired) electrons. The van der Waals surface area contributed by atoms with Crippen molar-refractivity contribution in [1.29, 1.82) is 0 Å². The van der Waals surface area contributed by atoms with Gasteiger partial charge in [-0.05, 0) is 23.8 Å². The third-order valence-electron chi connectivity index (χ3n) is 5.13. The van der Waals surface area contributed by atoms with Crippen LogP contribution in [0.5, 0.6) is 0 Å². The monoisotopic (exact) mass is 385 g/mol. The number of piperazine rings is 1. The number of nitrogens with zero attached hydrogens (tertiary/aromatic N) is 3. The normalized spacial score (nSPS) is 17.8. The highest BCUT2D eigenvalue weighted by atomic mass is 16.2. The van der Waals surface area contributed by atoms with Crippen LogP contribution in [0.3, 0.4) is 0 Å². The maximum absolute atomic E-state index is 12.4. The van der Waals surface area contributed by atoms with E-state index in [0.29, 0.717) is 18.7 Å². The maximum atomic E-state index is 12.4. The van der Waals surface area contributed by atoms with Crippen LogP contribution in [-0.4, -0.2) is 92.0 Å². The lowest BCUT2D eigenvalue weighted by Gasteiger charge is -2.34. The highest BCUT2D eigenvalue weighted by Crippen LogP contribution is 2.08. The fourth-order valence-corrected chi connectivity index (χ4v) is 3.34. The molecule has 8 heteroatoms. The van der Waals surface area contributed by atoms with Gasteiger partial charge in [-0.1, -0.05) is 12.1 Å². The van der Waals surface area contributed by atoms with Gasteiger partial charge >= 0.3 is 6.03 Å². The van der Waals surface area contributed by atoms with Crippen LogP contribution in [0.25, 0.3) is 6.08 Å². The molecule has 0 saturated carbocycles. The molecule has 2 N–H and O–H groups in total. The number of urea groups is 1. The molecule has 4 amide bonds. The standard InChI is InChI=1S/C20H27N5O3/c1-21-19(27)17-5-2-16(3-6-17)4-7-18(26)24-13-10-23(11-14-24)12-15-25-9-8-22-20(25)28/h2-7H,8-15H2,1H3,(H,21,27)(H,22,28). The third-order valence-corrected chi connectivity index (χ3v) is 5.13. The molecule has 3 rings (SSSR count). The Hall–Kier alpha value is -2.87. The molecule has 150 valence electrons. The first-order valence-corrected chi connectivity index (χ1v) is 9.61. The maximum Gasteiger partial charge on any atom is 0.317 e. The molecular weight excluding hydrogens is 358 g/mol. The van der Waals surface area contributed by atoms with Gasteiger partial charge in [0.25, 0.3) is 5.91 Å². The van der Waals surface area contributed by atoms with Crippen molar-refractivity contribution in [2.75, 3.05) is 59.4 Å². The van der Waals surface area contributed by atoms with Crippen molar-refractivity contribution < 1.29 is 14.4 Å². The van der Waals surface area contributed by atoms with Gasteiger partial charge in [0.15, 0.2) is 0 Å². The summed E-state index contributed by atoms with van der Waals surface area (Å²) < 4.78 is 0. The number of nitrogens with one attached hydrogen (secondary N) is 2. The molecule has 2 fully saturated rings. The lowest BCUT2D eigenvalue weighted by molar-refractivity contribution is -0.127. The van der Waals surface area contributed by atoms with Gasteiger partial charge < -0.3 is 20.4 Å².